The molecule has 21 heavy (non-hydrogen) atoms. The number of anilines is 1. The smallest absolute Gasteiger partial charge is 0.399 e. The molecule has 0 amide bonds. The van der Waals surface area contributed by atoms with Crippen LogP contribution in [0.4, 0.5) is 5.95 Å². The number of nitrogens with two attached hydrogens (primary N) is 1. The normalized spacial score (nSPS) is 20.1. The van der Waals surface area contributed by atoms with E-state index < -0.39 is 0 Å². The van der Waals surface area contributed by atoms with Crippen LogP contribution in [0.15, 0.2) is 18.3 Å². The molecule has 3 rings (SSSR count). The molecule has 0 aliphatic carbocycles. The Morgan fingerprint density at radius 2 is 1.71 bits per heavy atom. The summed E-state index contributed by atoms with van der Waals surface area (Å²) >= 11 is 0. The Bertz CT molecular complexity index is 699. The number of hydrogen-bond donors (Lipinski definition) is 1. The second-order valence-electron chi connectivity index (χ2n) is 6.58. The molecule has 1 saturated heterocycles. The fraction of sp³-hybridized carbons (Fsp3) is 0.467. The fourth-order valence-electron chi connectivity index (χ4n) is 2.44. The van der Waals surface area contributed by atoms with Gasteiger partial charge in [0.2, 0.25) is 5.95 Å². The van der Waals surface area contributed by atoms with Crippen molar-refractivity contribution in [2.45, 2.75) is 45.8 Å². The zero-order valence-electron chi connectivity index (χ0n) is 13.1. The maximum absolute atomic E-state index is 6.12. The third-order valence-electron chi connectivity index (χ3n) is 4.49. The summed E-state index contributed by atoms with van der Waals surface area (Å²) in [5.74, 6) is 0.283. The molecule has 5 nitrogen and oxygen atoms in total. The largest absolute Gasteiger partial charge is 0.495 e. The van der Waals surface area contributed by atoms with Gasteiger partial charge in [-0.2, -0.15) is 0 Å². The van der Waals surface area contributed by atoms with Crippen LogP contribution in [-0.2, 0) is 9.31 Å². The van der Waals surface area contributed by atoms with Crippen LogP contribution >= 0.6 is 0 Å². The quantitative estimate of drug-likeness (QED) is 0.809. The highest BCUT2D eigenvalue weighted by Crippen LogP contribution is 2.36. The minimum absolute atomic E-state index is 0.283. The standard InChI is InChI=1S/C15H20BN3O2/c1-9-6-12-10(8-18-13(17)19-12)7-11(9)16-20-14(2,3)15(4,5)21-16/h6-8H,1-5H3,(H2,17,18,19). The van der Waals surface area contributed by atoms with Crippen LogP contribution in [-0.4, -0.2) is 28.3 Å². The lowest BCUT2D eigenvalue weighted by atomic mass is 9.75. The van der Waals surface area contributed by atoms with Crippen molar-refractivity contribution in [1.82, 2.24) is 9.97 Å². The van der Waals surface area contributed by atoms with E-state index in [4.69, 9.17) is 15.0 Å². The summed E-state index contributed by atoms with van der Waals surface area (Å²) in [4.78, 5) is 8.29. The first-order valence-corrected chi connectivity index (χ1v) is 7.08. The Morgan fingerprint density at radius 1 is 1.10 bits per heavy atom. The Kier molecular flexibility index (Phi) is 3.01. The van der Waals surface area contributed by atoms with Gasteiger partial charge in [0.15, 0.2) is 0 Å². The van der Waals surface area contributed by atoms with Gasteiger partial charge in [0.25, 0.3) is 0 Å². The first kappa shape index (κ1) is 14.3. The van der Waals surface area contributed by atoms with Gasteiger partial charge in [0, 0.05) is 11.6 Å². The summed E-state index contributed by atoms with van der Waals surface area (Å²) < 4.78 is 12.2. The number of nitrogen functional groups attached to an aromatic ring is 1. The summed E-state index contributed by atoms with van der Waals surface area (Å²) in [7, 11) is -0.378. The zero-order valence-corrected chi connectivity index (χ0v) is 13.1. The molecule has 1 aliphatic rings. The molecule has 0 spiro atoms. The second-order valence-corrected chi connectivity index (χ2v) is 6.58. The van der Waals surface area contributed by atoms with E-state index in [1.54, 1.807) is 6.20 Å². The minimum Gasteiger partial charge on any atom is -0.399 e. The Hall–Kier alpha value is -1.66. The topological polar surface area (TPSA) is 70.3 Å². The number of nitrogens with zero attached hydrogens (tertiary/aromatic N) is 2. The van der Waals surface area contributed by atoms with Gasteiger partial charge in [-0.25, -0.2) is 9.97 Å². The predicted octanol–water partition coefficient (Wildman–Crippen LogP) is 1.82. The van der Waals surface area contributed by atoms with Crippen molar-refractivity contribution < 1.29 is 9.31 Å². The number of fused-ring (bicyclic) bond motifs is 1. The van der Waals surface area contributed by atoms with Crippen molar-refractivity contribution in [3.05, 3.63) is 23.9 Å². The summed E-state index contributed by atoms with van der Waals surface area (Å²) in [5, 5.41) is 0.930. The first-order valence-electron chi connectivity index (χ1n) is 7.08. The van der Waals surface area contributed by atoms with E-state index in [0.717, 1.165) is 21.9 Å². The summed E-state index contributed by atoms with van der Waals surface area (Å²) in [5.41, 5.74) is 7.84. The van der Waals surface area contributed by atoms with Crippen molar-refractivity contribution in [3.8, 4) is 0 Å². The highest BCUT2D eigenvalue weighted by Gasteiger charge is 2.52. The van der Waals surface area contributed by atoms with Crippen molar-refractivity contribution in [2.75, 3.05) is 5.73 Å². The molecule has 110 valence electrons. The van der Waals surface area contributed by atoms with Crippen molar-refractivity contribution in [1.29, 1.82) is 0 Å². The average molecular weight is 285 g/mol. The maximum Gasteiger partial charge on any atom is 0.495 e. The molecule has 2 aromatic rings. The fourth-order valence-corrected chi connectivity index (χ4v) is 2.44. The molecular formula is C15H20BN3O2. The lowest BCUT2D eigenvalue weighted by Gasteiger charge is -2.32. The third kappa shape index (κ3) is 2.28. The lowest BCUT2D eigenvalue weighted by Crippen LogP contribution is -2.41. The Labute approximate surface area is 125 Å². The van der Waals surface area contributed by atoms with Crippen LogP contribution in [0.3, 0.4) is 0 Å². The highest BCUT2D eigenvalue weighted by atomic mass is 16.7. The van der Waals surface area contributed by atoms with E-state index in [1.807, 2.05) is 46.8 Å². The molecule has 2 heterocycles. The first-order chi connectivity index (χ1) is 9.69. The molecule has 1 aromatic heterocycles. The van der Waals surface area contributed by atoms with Crippen molar-refractivity contribution in [2.24, 2.45) is 0 Å². The van der Waals surface area contributed by atoms with E-state index in [9.17, 15) is 0 Å². The summed E-state index contributed by atoms with van der Waals surface area (Å²) in [6.07, 6.45) is 1.73. The van der Waals surface area contributed by atoms with Gasteiger partial charge in [-0.15, -0.1) is 0 Å². The SMILES string of the molecule is Cc1cc2nc(N)ncc2cc1B1OC(C)(C)C(C)(C)O1. The second kappa shape index (κ2) is 4.42. The van der Waals surface area contributed by atoms with Crippen molar-refractivity contribution in [3.63, 3.8) is 0 Å². The number of rotatable bonds is 1. The van der Waals surface area contributed by atoms with Gasteiger partial charge >= 0.3 is 7.12 Å². The van der Waals surface area contributed by atoms with Crippen molar-refractivity contribution >= 4 is 29.4 Å². The van der Waals surface area contributed by atoms with E-state index in [1.165, 1.54) is 0 Å². The van der Waals surface area contributed by atoms with Crippen LogP contribution in [0.2, 0.25) is 0 Å². The molecule has 2 N–H and O–H groups in total. The lowest BCUT2D eigenvalue weighted by molar-refractivity contribution is 0.00578. The number of aromatic nitrogens is 2. The Balaban J connectivity index is 2.06. The van der Waals surface area contributed by atoms with Crippen LogP contribution < -0.4 is 11.2 Å². The molecule has 0 atom stereocenters. The van der Waals surface area contributed by atoms with Gasteiger partial charge < -0.3 is 15.0 Å². The number of hydrogen-bond acceptors (Lipinski definition) is 5. The number of benzene rings is 1. The predicted molar refractivity (Wildman–Crippen MR) is 84.4 cm³/mol. The molecule has 1 fully saturated rings. The molecule has 0 saturated carbocycles. The van der Waals surface area contributed by atoms with E-state index >= 15 is 0 Å². The van der Waals surface area contributed by atoms with Gasteiger partial charge in [-0.1, -0.05) is 6.07 Å². The highest BCUT2D eigenvalue weighted by molar-refractivity contribution is 6.63. The van der Waals surface area contributed by atoms with E-state index in [0.29, 0.717) is 0 Å². The van der Waals surface area contributed by atoms with Gasteiger partial charge in [-0.05, 0) is 51.7 Å². The monoisotopic (exact) mass is 285 g/mol. The molecule has 1 aromatic carbocycles. The molecule has 1 aliphatic heterocycles. The molecule has 0 bridgehead atoms. The van der Waals surface area contributed by atoms with Gasteiger partial charge in [0.05, 0.1) is 16.7 Å². The third-order valence-corrected chi connectivity index (χ3v) is 4.49. The van der Waals surface area contributed by atoms with E-state index in [-0.39, 0.29) is 24.3 Å². The van der Waals surface area contributed by atoms with Crippen LogP contribution in [0.5, 0.6) is 0 Å². The molecule has 0 radical (unpaired) electrons. The molecule has 6 heteroatoms. The van der Waals surface area contributed by atoms with Crippen LogP contribution in [0, 0.1) is 6.92 Å². The van der Waals surface area contributed by atoms with Crippen LogP contribution in [0.1, 0.15) is 33.3 Å². The molecular weight excluding hydrogens is 265 g/mol. The number of aryl methyl sites for hydroxylation is 1. The molecule has 0 unspecified atom stereocenters. The van der Waals surface area contributed by atoms with Gasteiger partial charge in [-0.3, -0.25) is 0 Å². The minimum atomic E-state index is -0.378. The summed E-state index contributed by atoms with van der Waals surface area (Å²) in [6.45, 7) is 10.2. The average Bonchev–Trinajstić information content (AvgIpc) is 2.57. The van der Waals surface area contributed by atoms with Gasteiger partial charge in [0.1, 0.15) is 0 Å². The summed E-state index contributed by atoms with van der Waals surface area (Å²) in [6, 6.07) is 4.01. The van der Waals surface area contributed by atoms with E-state index in [2.05, 4.69) is 9.97 Å². The Morgan fingerprint density at radius 3 is 2.33 bits per heavy atom. The maximum atomic E-state index is 6.12. The zero-order chi connectivity index (χ0) is 15.4. The van der Waals surface area contributed by atoms with Crippen LogP contribution in [0.25, 0.3) is 10.9 Å².